The van der Waals surface area contributed by atoms with Crippen molar-refractivity contribution in [3.05, 3.63) is 18.5 Å². The van der Waals surface area contributed by atoms with Crippen molar-refractivity contribution in [1.82, 2.24) is 14.2 Å². The van der Waals surface area contributed by atoms with Gasteiger partial charge in [-0.3, -0.25) is 9.88 Å². The van der Waals surface area contributed by atoms with Crippen LogP contribution in [-0.2, 0) is 10.0 Å². The van der Waals surface area contributed by atoms with Crippen molar-refractivity contribution < 1.29 is 8.42 Å². The Kier molecular flexibility index (Phi) is 4.85. The van der Waals surface area contributed by atoms with E-state index in [0.717, 1.165) is 31.9 Å². The second-order valence-corrected chi connectivity index (χ2v) is 7.87. The molecule has 0 aromatic carbocycles. The van der Waals surface area contributed by atoms with Crippen LogP contribution < -0.4 is 4.90 Å². The Hall–Kier alpha value is -1.18. The first-order valence-electron chi connectivity index (χ1n) is 7.19. The zero-order chi connectivity index (χ0) is 15.6. The summed E-state index contributed by atoms with van der Waals surface area (Å²) in [5.74, 6) is 0. The van der Waals surface area contributed by atoms with E-state index >= 15 is 0 Å². The van der Waals surface area contributed by atoms with Crippen molar-refractivity contribution in [3.63, 3.8) is 0 Å². The number of pyridine rings is 1. The second kappa shape index (κ2) is 6.29. The van der Waals surface area contributed by atoms with E-state index in [1.165, 1.54) is 10.5 Å². The van der Waals surface area contributed by atoms with Crippen LogP contribution in [0.2, 0.25) is 0 Å². The molecule has 0 radical (unpaired) electrons. The molecule has 0 amide bonds. The number of sulfonamides is 1. The summed E-state index contributed by atoms with van der Waals surface area (Å²) in [6.07, 6.45) is 3.10. The lowest BCUT2D eigenvalue weighted by atomic mass is 10.2. The van der Waals surface area contributed by atoms with E-state index in [4.69, 9.17) is 0 Å². The molecule has 0 N–H and O–H groups in total. The van der Waals surface area contributed by atoms with E-state index in [2.05, 4.69) is 28.6 Å². The van der Waals surface area contributed by atoms with Crippen LogP contribution in [0.3, 0.4) is 0 Å². The van der Waals surface area contributed by atoms with Gasteiger partial charge < -0.3 is 4.90 Å². The fourth-order valence-electron chi connectivity index (χ4n) is 2.51. The third-order valence-corrected chi connectivity index (χ3v) is 5.74. The predicted molar refractivity (Wildman–Crippen MR) is 84.0 cm³/mol. The maximum absolute atomic E-state index is 12.4. The highest BCUT2D eigenvalue weighted by Crippen LogP contribution is 2.27. The first kappa shape index (κ1) is 16.2. The summed E-state index contributed by atoms with van der Waals surface area (Å²) in [7, 11) is -0.382. The van der Waals surface area contributed by atoms with Crippen LogP contribution in [0.1, 0.15) is 13.8 Å². The highest BCUT2D eigenvalue weighted by Gasteiger charge is 2.26. The molecule has 1 aromatic rings. The topological polar surface area (TPSA) is 56.8 Å². The molecule has 0 bridgehead atoms. The van der Waals surface area contributed by atoms with Gasteiger partial charge >= 0.3 is 0 Å². The Morgan fingerprint density at radius 1 is 1.19 bits per heavy atom. The highest BCUT2D eigenvalue weighted by atomic mass is 32.2. The molecule has 0 spiro atoms. The van der Waals surface area contributed by atoms with Crippen molar-refractivity contribution in [2.75, 3.05) is 45.2 Å². The molecule has 21 heavy (non-hydrogen) atoms. The summed E-state index contributed by atoms with van der Waals surface area (Å²) in [4.78, 5) is 8.81. The number of aromatic nitrogens is 1. The van der Waals surface area contributed by atoms with Crippen molar-refractivity contribution in [1.29, 1.82) is 0 Å². The van der Waals surface area contributed by atoms with Gasteiger partial charge in [0.15, 0.2) is 0 Å². The molecule has 1 aromatic heterocycles. The zero-order valence-electron chi connectivity index (χ0n) is 13.2. The first-order valence-corrected chi connectivity index (χ1v) is 8.63. The maximum atomic E-state index is 12.4. The van der Waals surface area contributed by atoms with Crippen LogP contribution >= 0.6 is 0 Å². The fourth-order valence-corrected chi connectivity index (χ4v) is 3.56. The zero-order valence-corrected chi connectivity index (χ0v) is 14.0. The van der Waals surface area contributed by atoms with Crippen LogP contribution in [0, 0.1) is 0 Å². The Morgan fingerprint density at radius 2 is 1.81 bits per heavy atom. The van der Waals surface area contributed by atoms with Crippen LogP contribution in [0.4, 0.5) is 5.69 Å². The molecule has 0 unspecified atom stereocenters. The van der Waals surface area contributed by atoms with Crippen LogP contribution in [0.25, 0.3) is 0 Å². The first-order chi connectivity index (χ1) is 9.84. The van der Waals surface area contributed by atoms with Crippen molar-refractivity contribution in [2.24, 2.45) is 0 Å². The minimum atomic E-state index is -3.47. The summed E-state index contributed by atoms with van der Waals surface area (Å²) in [5, 5.41) is 0. The van der Waals surface area contributed by atoms with Gasteiger partial charge in [0.25, 0.3) is 0 Å². The molecule has 6 nitrogen and oxygen atoms in total. The Labute approximate surface area is 127 Å². The number of rotatable bonds is 4. The summed E-state index contributed by atoms with van der Waals surface area (Å²) in [5.41, 5.74) is 0.752. The van der Waals surface area contributed by atoms with Crippen molar-refractivity contribution in [3.8, 4) is 0 Å². The quantitative estimate of drug-likeness (QED) is 0.825. The van der Waals surface area contributed by atoms with Crippen molar-refractivity contribution >= 4 is 15.7 Å². The normalized spacial score (nSPS) is 17.7. The van der Waals surface area contributed by atoms with Gasteiger partial charge in [0, 0.05) is 58.7 Å². The van der Waals surface area contributed by atoms with Crippen LogP contribution in [-0.4, -0.2) is 68.9 Å². The van der Waals surface area contributed by atoms with Gasteiger partial charge in [-0.15, -0.1) is 0 Å². The summed E-state index contributed by atoms with van der Waals surface area (Å²) in [6, 6.07) is 2.32. The lowest BCUT2D eigenvalue weighted by Crippen LogP contribution is -2.49. The van der Waals surface area contributed by atoms with Gasteiger partial charge in [0.2, 0.25) is 10.0 Å². The minimum absolute atomic E-state index is 0.285. The molecule has 1 aliphatic heterocycles. The van der Waals surface area contributed by atoms with Gasteiger partial charge in [0.1, 0.15) is 4.90 Å². The standard InChI is InChI=1S/C14H24N4O2S/c1-12(2)17-7-9-18(10-8-17)13-5-6-15-11-14(13)21(19,20)16(3)4/h5-6,11-12H,7-10H2,1-4H3. The molecule has 2 rings (SSSR count). The molecule has 0 saturated carbocycles. The fraction of sp³-hybridized carbons (Fsp3) is 0.643. The van der Waals surface area contributed by atoms with Crippen LogP contribution in [0.5, 0.6) is 0 Å². The van der Waals surface area contributed by atoms with E-state index in [0.29, 0.717) is 6.04 Å². The van der Waals surface area contributed by atoms with Gasteiger partial charge in [-0.2, -0.15) is 0 Å². The average molecular weight is 312 g/mol. The molecule has 7 heteroatoms. The summed E-state index contributed by atoms with van der Waals surface area (Å²) < 4.78 is 26.1. The maximum Gasteiger partial charge on any atom is 0.246 e. The molecule has 1 aliphatic rings. The van der Waals surface area contributed by atoms with Crippen LogP contribution in [0.15, 0.2) is 23.4 Å². The number of hydrogen-bond acceptors (Lipinski definition) is 5. The van der Waals surface area contributed by atoms with E-state index < -0.39 is 10.0 Å². The lowest BCUT2D eigenvalue weighted by molar-refractivity contribution is 0.209. The summed E-state index contributed by atoms with van der Waals surface area (Å²) in [6.45, 7) is 7.92. The SMILES string of the molecule is CC(C)N1CCN(c2ccncc2S(=O)(=O)N(C)C)CC1. The third kappa shape index (κ3) is 3.36. The van der Waals surface area contributed by atoms with Gasteiger partial charge in [-0.1, -0.05) is 0 Å². The number of nitrogens with zero attached hydrogens (tertiary/aromatic N) is 4. The number of anilines is 1. The van der Waals surface area contributed by atoms with Gasteiger partial charge in [-0.05, 0) is 19.9 Å². The average Bonchev–Trinajstić information content (AvgIpc) is 2.47. The molecule has 1 saturated heterocycles. The van der Waals surface area contributed by atoms with E-state index in [1.54, 1.807) is 26.4 Å². The van der Waals surface area contributed by atoms with Gasteiger partial charge in [-0.25, -0.2) is 12.7 Å². The molecular weight excluding hydrogens is 288 g/mol. The number of hydrogen-bond donors (Lipinski definition) is 0. The molecule has 118 valence electrons. The lowest BCUT2D eigenvalue weighted by Gasteiger charge is -2.38. The van der Waals surface area contributed by atoms with Gasteiger partial charge in [0.05, 0.1) is 5.69 Å². The number of piperazine rings is 1. The minimum Gasteiger partial charge on any atom is -0.368 e. The second-order valence-electron chi connectivity index (χ2n) is 5.75. The summed E-state index contributed by atoms with van der Waals surface area (Å²) >= 11 is 0. The van der Waals surface area contributed by atoms with E-state index in [9.17, 15) is 8.42 Å². The molecule has 0 aliphatic carbocycles. The largest absolute Gasteiger partial charge is 0.368 e. The van der Waals surface area contributed by atoms with E-state index in [1.807, 2.05) is 0 Å². The Balaban J connectivity index is 2.27. The smallest absolute Gasteiger partial charge is 0.246 e. The molecule has 2 heterocycles. The molecule has 0 atom stereocenters. The van der Waals surface area contributed by atoms with E-state index in [-0.39, 0.29) is 4.90 Å². The predicted octanol–water partition coefficient (Wildman–Crippen LogP) is 0.862. The van der Waals surface area contributed by atoms with Crippen molar-refractivity contribution in [2.45, 2.75) is 24.8 Å². The highest BCUT2D eigenvalue weighted by molar-refractivity contribution is 7.89. The third-order valence-electron chi connectivity index (χ3n) is 3.91. The molecular formula is C14H24N4O2S. The Morgan fingerprint density at radius 3 is 2.33 bits per heavy atom. The monoisotopic (exact) mass is 312 g/mol. The molecule has 1 fully saturated rings. The Bertz CT molecular complexity index is 578.